The molecule has 0 aliphatic heterocycles. The van der Waals surface area contributed by atoms with Crippen LogP contribution in [0, 0.1) is 0 Å². The fraction of sp³-hybridized carbons (Fsp3) is 0.600. The Morgan fingerprint density at radius 1 is 1.60 bits per heavy atom. The molecule has 5 nitrogen and oxygen atoms in total. The van der Waals surface area contributed by atoms with Crippen LogP contribution in [0.5, 0.6) is 0 Å². The van der Waals surface area contributed by atoms with Crippen molar-refractivity contribution >= 4 is 12.0 Å². The number of esters is 1. The molecule has 0 aromatic rings. The fourth-order valence-electron chi connectivity index (χ4n) is 0.336. The molecule has 0 saturated carbocycles. The molecule has 0 atom stereocenters. The lowest BCUT2D eigenvalue weighted by Crippen LogP contribution is -2.36. The number of primary amides is 1. The molecule has 0 fully saturated rings. The van der Waals surface area contributed by atoms with Crippen molar-refractivity contribution in [3.05, 3.63) is 0 Å². The third-order valence-corrected chi connectivity index (χ3v) is 0.970. The molecule has 0 saturated heterocycles. The van der Waals surface area contributed by atoms with E-state index < -0.39 is 12.0 Å². The van der Waals surface area contributed by atoms with Crippen LogP contribution in [0.15, 0.2) is 0 Å². The van der Waals surface area contributed by atoms with Crippen LogP contribution in [-0.2, 0) is 9.53 Å². The van der Waals surface area contributed by atoms with Crippen molar-refractivity contribution in [2.45, 2.75) is 0 Å². The van der Waals surface area contributed by atoms with Gasteiger partial charge in [0, 0.05) is 7.05 Å². The molecule has 5 heteroatoms. The Morgan fingerprint density at radius 2 is 2.10 bits per heavy atom. The van der Waals surface area contributed by atoms with E-state index in [0.717, 1.165) is 4.90 Å². The zero-order valence-electron chi connectivity index (χ0n) is 5.96. The van der Waals surface area contributed by atoms with Gasteiger partial charge in [0.05, 0.1) is 7.11 Å². The van der Waals surface area contributed by atoms with Gasteiger partial charge in [0.15, 0.2) is 0 Å². The second-order valence-electron chi connectivity index (χ2n) is 1.77. The largest absolute Gasteiger partial charge is 0.468 e. The summed E-state index contributed by atoms with van der Waals surface area (Å²) in [4.78, 5) is 21.8. The van der Waals surface area contributed by atoms with Crippen LogP contribution < -0.4 is 5.73 Å². The van der Waals surface area contributed by atoms with Crippen molar-refractivity contribution in [2.75, 3.05) is 20.7 Å². The van der Waals surface area contributed by atoms with Crippen molar-refractivity contribution in [2.24, 2.45) is 5.73 Å². The van der Waals surface area contributed by atoms with E-state index in [4.69, 9.17) is 5.73 Å². The summed E-state index contributed by atoms with van der Waals surface area (Å²) in [6.45, 7) is -0.105. The number of amides is 2. The first kappa shape index (κ1) is 8.74. The summed E-state index contributed by atoms with van der Waals surface area (Å²) in [6, 6.07) is -0.648. The predicted molar refractivity (Wildman–Crippen MR) is 34.2 cm³/mol. The summed E-state index contributed by atoms with van der Waals surface area (Å²) in [5.74, 6) is -0.485. The Hall–Kier alpha value is -1.26. The van der Waals surface area contributed by atoms with E-state index in [2.05, 4.69) is 4.74 Å². The SMILES string of the molecule is COC(=O)CN(C)C(N)=O. The van der Waals surface area contributed by atoms with Crippen molar-refractivity contribution in [3.8, 4) is 0 Å². The standard InChI is InChI=1S/C5H10N2O3/c1-7(5(6)9)3-4(8)10-2/h3H2,1-2H3,(H2,6,9). The highest BCUT2D eigenvalue weighted by Crippen LogP contribution is 1.82. The van der Waals surface area contributed by atoms with Crippen LogP contribution in [0.1, 0.15) is 0 Å². The molecule has 0 spiro atoms. The van der Waals surface area contributed by atoms with Gasteiger partial charge < -0.3 is 15.4 Å². The number of hydrogen-bond acceptors (Lipinski definition) is 3. The average Bonchev–Trinajstić information content (AvgIpc) is 1.87. The molecule has 0 aliphatic carbocycles. The van der Waals surface area contributed by atoms with E-state index in [-0.39, 0.29) is 6.54 Å². The van der Waals surface area contributed by atoms with Crippen molar-refractivity contribution in [1.29, 1.82) is 0 Å². The lowest BCUT2D eigenvalue weighted by Gasteiger charge is -2.10. The van der Waals surface area contributed by atoms with E-state index in [1.54, 1.807) is 0 Å². The molecule has 0 rings (SSSR count). The van der Waals surface area contributed by atoms with Crippen LogP contribution in [-0.4, -0.2) is 37.6 Å². The van der Waals surface area contributed by atoms with E-state index in [9.17, 15) is 9.59 Å². The Morgan fingerprint density at radius 3 is 2.40 bits per heavy atom. The van der Waals surface area contributed by atoms with E-state index >= 15 is 0 Å². The van der Waals surface area contributed by atoms with Gasteiger partial charge in [-0.3, -0.25) is 4.79 Å². The van der Waals surface area contributed by atoms with E-state index in [1.165, 1.54) is 14.2 Å². The summed E-state index contributed by atoms with van der Waals surface area (Å²) >= 11 is 0. The highest BCUT2D eigenvalue weighted by Gasteiger charge is 2.07. The Labute approximate surface area is 58.7 Å². The van der Waals surface area contributed by atoms with Crippen LogP contribution in [0.3, 0.4) is 0 Å². The average molecular weight is 146 g/mol. The maximum absolute atomic E-state index is 10.5. The molecule has 0 bridgehead atoms. The Balaban J connectivity index is 3.68. The highest BCUT2D eigenvalue weighted by atomic mass is 16.5. The molecular formula is C5H10N2O3. The Kier molecular flexibility index (Phi) is 3.24. The predicted octanol–water partition coefficient (Wildman–Crippen LogP) is -0.830. The number of nitrogens with zero attached hydrogens (tertiary/aromatic N) is 1. The van der Waals surface area contributed by atoms with Crippen molar-refractivity contribution in [3.63, 3.8) is 0 Å². The maximum atomic E-state index is 10.5. The van der Waals surface area contributed by atoms with Crippen molar-refractivity contribution in [1.82, 2.24) is 4.90 Å². The minimum absolute atomic E-state index is 0.105. The van der Waals surface area contributed by atoms with Gasteiger partial charge in [0.1, 0.15) is 6.54 Å². The molecule has 2 amide bonds. The lowest BCUT2D eigenvalue weighted by atomic mass is 10.6. The van der Waals surface area contributed by atoms with Gasteiger partial charge in [-0.25, -0.2) is 4.79 Å². The molecule has 0 aromatic heterocycles. The third-order valence-electron chi connectivity index (χ3n) is 0.970. The number of likely N-dealkylation sites (N-methyl/N-ethyl adjacent to an activating group) is 1. The number of rotatable bonds is 2. The molecule has 0 aliphatic rings. The van der Waals surface area contributed by atoms with Gasteiger partial charge in [-0.15, -0.1) is 0 Å². The smallest absolute Gasteiger partial charge is 0.325 e. The van der Waals surface area contributed by atoms with Gasteiger partial charge in [0.2, 0.25) is 0 Å². The summed E-state index contributed by atoms with van der Waals surface area (Å²) in [7, 11) is 2.66. The molecule has 10 heavy (non-hydrogen) atoms. The van der Waals surface area contributed by atoms with E-state index in [0.29, 0.717) is 0 Å². The number of ether oxygens (including phenoxy) is 1. The van der Waals surface area contributed by atoms with E-state index in [1.807, 2.05) is 0 Å². The molecule has 0 aromatic carbocycles. The second-order valence-corrected chi connectivity index (χ2v) is 1.77. The number of urea groups is 1. The first-order chi connectivity index (χ1) is 4.57. The number of methoxy groups -OCH3 is 1. The van der Waals surface area contributed by atoms with Gasteiger partial charge in [0.25, 0.3) is 0 Å². The third kappa shape index (κ3) is 2.91. The minimum Gasteiger partial charge on any atom is -0.468 e. The number of carbonyl (C=O) groups is 2. The molecule has 0 radical (unpaired) electrons. The first-order valence-corrected chi connectivity index (χ1v) is 2.65. The summed E-state index contributed by atoms with van der Waals surface area (Å²) in [6.07, 6.45) is 0. The van der Waals surface area contributed by atoms with Crippen molar-refractivity contribution < 1.29 is 14.3 Å². The van der Waals surface area contributed by atoms with Gasteiger partial charge in [-0.2, -0.15) is 0 Å². The zero-order chi connectivity index (χ0) is 8.15. The Bertz CT molecular complexity index is 146. The molecule has 58 valence electrons. The topological polar surface area (TPSA) is 72.6 Å². The lowest BCUT2D eigenvalue weighted by molar-refractivity contribution is -0.140. The van der Waals surface area contributed by atoms with Crippen LogP contribution >= 0.6 is 0 Å². The van der Waals surface area contributed by atoms with Crippen LogP contribution in [0.4, 0.5) is 4.79 Å². The molecule has 2 N–H and O–H groups in total. The van der Waals surface area contributed by atoms with Gasteiger partial charge in [-0.1, -0.05) is 0 Å². The summed E-state index contributed by atoms with van der Waals surface area (Å²) < 4.78 is 4.28. The minimum atomic E-state index is -0.648. The number of hydrogen-bond donors (Lipinski definition) is 1. The molecule has 0 unspecified atom stereocenters. The summed E-state index contributed by atoms with van der Waals surface area (Å²) in [5, 5.41) is 0. The molecule has 0 heterocycles. The maximum Gasteiger partial charge on any atom is 0.325 e. The van der Waals surface area contributed by atoms with Gasteiger partial charge >= 0.3 is 12.0 Å². The monoisotopic (exact) mass is 146 g/mol. The summed E-state index contributed by atoms with van der Waals surface area (Å²) in [5.41, 5.74) is 4.82. The quantitative estimate of drug-likeness (QED) is 0.517. The second kappa shape index (κ2) is 3.71. The van der Waals surface area contributed by atoms with Crippen LogP contribution in [0.25, 0.3) is 0 Å². The number of carbonyl (C=O) groups excluding carboxylic acids is 2. The molecular weight excluding hydrogens is 136 g/mol. The normalized spacial score (nSPS) is 8.60. The fourth-order valence-corrected chi connectivity index (χ4v) is 0.336. The number of nitrogens with two attached hydrogens (primary N) is 1. The first-order valence-electron chi connectivity index (χ1n) is 2.65. The van der Waals surface area contributed by atoms with Crippen LogP contribution in [0.2, 0.25) is 0 Å². The highest BCUT2D eigenvalue weighted by molar-refractivity contribution is 5.79. The zero-order valence-corrected chi connectivity index (χ0v) is 5.96. The van der Waals surface area contributed by atoms with Gasteiger partial charge in [-0.05, 0) is 0 Å².